The SMILES string of the molecule is COc1ccc(-c2cc(C(F)(F)F)nc(SCC(=O)Nc3sc4c(c3C#N)CCN(C)C4)n2)cc1. The Morgan fingerprint density at radius 1 is 1.31 bits per heavy atom. The Labute approximate surface area is 208 Å². The van der Waals surface area contributed by atoms with E-state index in [0.29, 0.717) is 28.4 Å². The number of carbonyl (C=O) groups is 1. The van der Waals surface area contributed by atoms with Gasteiger partial charge in [-0.2, -0.15) is 18.4 Å². The van der Waals surface area contributed by atoms with Gasteiger partial charge in [-0.15, -0.1) is 11.3 Å². The largest absolute Gasteiger partial charge is 0.497 e. The van der Waals surface area contributed by atoms with Crippen LogP contribution < -0.4 is 10.1 Å². The second-order valence-corrected chi connectivity index (χ2v) is 9.84. The first-order chi connectivity index (χ1) is 16.7. The van der Waals surface area contributed by atoms with Crippen molar-refractivity contribution < 1.29 is 22.7 Å². The molecule has 0 saturated heterocycles. The molecule has 0 aliphatic carbocycles. The number of amides is 1. The number of alkyl halides is 3. The molecule has 3 aromatic rings. The normalized spacial score (nSPS) is 13.7. The fourth-order valence-corrected chi connectivity index (χ4v) is 5.53. The Kier molecular flexibility index (Phi) is 7.30. The zero-order valence-corrected chi connectivity index (χ0v) is 20.4. The number of fused-ring (bicyclic) bond motifs is 1. The summed E-state index contributed by atoms with van der Waals surface area (Å²) >= 11 is 2.15. The molecule has 0 saturated carbocycles. The van der Waals surface area contributed by atoms with Gasteiger partial charge in [0.1, 0.15) is 22.5 Å². The molecule has 0 atom stereocenters. The number of thiophene rings is 1. The fourth-order valence-electron chi connectivity index (χ4n) is 3.57. The summed E-state index contributed by atoms with van der Waals surface area (Å²) < 4.78 is 45.5. The molecule has 182 valence electrons. The van der Waals surface area contributed by atoms with Crippen LogP contribution in [0.15, 0.2) is 35.5 Å². The molecule has 0 unspecified atom stereocenters. The Balaban J connectivity index is 1.52. The number of methoxy groups -OCH3 is 1. The maximum Gasteiger partial charge on any atom is 0.433 e. The van der Waals surface area contributed by atoms with Crippen LogP contribution in [0.2, 0.25) is 0 Å². The van der Waals surface area contributed by atoms with Gasteiger partial charge in [0.25, 0.3) is 0 Å². The first kappa shape index (κ1) is 25.0. The summed E-state index contributed by atoms with van der Waals surface area (Å²) in [5, 5.41) is 12.6. The molecule has 0 spiro atoms. The number of likely N-dealkylation sites (N-methyl/N-ethyl adjacent to an activating group) is 1. The molecule has 1 aliphatic rings. The number of nitriles is 1. The lowest BCUT2D eigenvalue weighted by molar-refractivity contribution is -0.141. The highest BCUT2D eigenvalue weighted by Crippen LogP contribution is 2.37. The third kappa shape index (κ3) is 5.75. The summed E-state index contributed by atoms with van der Waals surface area (Å²) in [6.45, 7) is 1.52. The minimum Gasteiger partial charge on any atom is -0.497 e. The molecule has 1 amide bonds. The van der Waals surface area contributed by atoms with Gasteiger partial charge in [-0.3, -0.25) is 4.79 Å². The van der Waals surface area contributed by atoms with Crippen LogP contribution in [0.25, 0.3) is 11.3 Å². The second-order valence-electron chi connectivity index (χ2n) is 7.79. The average Bonchev–Trinajstić information content (AvgIpc) is 3.17. The van der Waals surface area contributed by atoms with Gasteiger partial charge in [0.05, 0.1) is 24.1 Å². The van der Waals surface area contributed by atoms with Gasteiger partial charge >= 0.3 is 6.18 Å². The maximum atomic E-state index is 13.5. The zero-order valence-electron chi connectivity index (χ0n) is 18.8. The number of thioether (sulfide) groups is 1. The molecule has 1 aliphatic heterocycles. The minimum atomic E-state index is -4.67. The molecule has 3 heterocycles. The van der Waals surface area contributed by atoms with E-state index in [0.717, 1.165) is 41.2 Å². The molecule has 1 N–H and O–H groups in total. The molecule has 1 aromatic carbocycles. The van der Waals surface area contributed by atoms with Crippen LogP contribution >= 0.6 is 23.1 Å². The van der Waals surface area contributed by atoms with E-state index in [2.05, 4.69) is 26.3 Å². The van der Waals surface area contributed by atoms with Gasteiger partial charge in [-0.25, -0.2) is 9.97 Å². The number of hydrogen-bond acceptors (Lipinski definition) is 8. The highest BCUT2D eigenvalue weighted by atomic mass is 32.2. The van der Waals surface area contributed by atoms with E-state index >= 15 is 0 Å². The van der Waals surface area contributed by atoms with Crippen molar-refractivity contribution in [1.82, 2.24) is 14.9 Å². The third-order valence-corrected chi connectivity index (χ3v) is 7.31. The number of hydrogen-bond donors (Lipinski definition) is 1. The van der Waals surface area contributed by atoms with Gasteiger partial charge in [0.2, 0.25) is 5.91 Å². The lowest BCUT2D eigenvalue weighted by Crippen LogP contribution is -2.25. The van der Waals surface area contributed by atoms with E-state index in [9.17, 15) is 23.2 Å². The minimum absolute atomic E-state index is 0.0831. The first-order valence-corrected chi connectivity index (χ1v) is 12.2. The maximum absolute atomic E-state index is 13.5. The standard InChI is InChI=1S/C23H20F3N5O2S2/c1-31-8-7-15-16(10-27)21(35-18(15)11-31)30-20(32)12-34-22-28-17(9-19(29-22)23(24,25)26)13-3-5-14(33-2)6-4-13/h3-6,9H,7-8,11-12H2,1-2H3,(H,30,32). The van der Waals surface area contributed by atoms with Crippen molar-refractivity contribution in [3.05, 3.63) is 52.0 Å². The van der Waals surface area contributed by atoms with Crippen LogP contribution in [-0.4, -0.2) is 47.2 Å². The van der Waals surface area contributed by atoms with E-state index in [4.69, 9.17) is 4.74 Å². The van der Waals surface area contributed by atoms with Gasteiger partial charge in [0.15, 0.2) is 5.16 Å². The molecule has 2 aromatic heterocycles. The van der Waals surface area contributed by atoms with Crippen molar-refractivity contribution in [1.29, 1.82) is 5.26 Å². The predicted molar refractivity (Wildman–Crippen MR) is 127 cm³/mol. The molecule has 12 heteroatoms. The van der Waals surface area contributed by atoms with Crippen LogP contribution in [-0.2, 0) is 23.9 Å². The van der Waals surface area contributed by atoms with Gasteiger partial charge in [0, 0.05) is 23.5 Å². The van der Waals surface area contributed by atoms with E-state index in [1.165, 1.54) is 18.4 Å². The number of benzene rings is 1. The summed E-state index contributed by atoms with van der Waals surface area (Å²) in [5.74, 6) is -0.106. The number of anilines is 1. The smallest absolute Gasteiger partial charge is 0.433 e. The Bertz CT molecular complexity index is 1290. The van der Waals surface area contributed by atoms with Crippen LogP contribution in [0.3, 0.4) is 0 Å². The third-order valence-electron chi connectivity index (χ3n) is 5.33. The van der Waals surface area contributed by atoms with Crippen molar-refractivity contribution in [2.24, 2.45) is 0 Å². The highest BCUT2D eigenvalue weighted by molar-refractivity contribution is 7.99. The van der Waals surface area contributed by atoms with Gasteiger partial charge in [-0.05, 0) is 49.4 Å². The predicted octanol–water partition coefficient (Wildman–Crippen LogP) is 4.82. The average molecular weight is 520 g/mol. The van der Waals surface area contributed by atoms with Crippen molar-refractivity contribution in [2.75, 3.05) is 31.8 Å². The Morgan fingerprint density at radius 3 is 2.71 bits per heavy atom. The van der Waals surface area contributed by atoms with Gasteiger partial charge < -0.3 is 15.0 Å². The summed E-state index contributed by atoms with van der Waals surface area (Å²) in [5.41, 5.74) is 0.845. The van der Waals surface area contributed by atoms with E-state index in [1.54, 1.807) is 24.3 Å². The Hall–Kier alpha value is -3.14. The number of nitrogens with one attached hydrogen (secondary N) is 1. The van der Waals surface area contributed by atoms with E-state index in [1.807, 2.05) is 7.05 Å². The zero-order chi connectivity index (χ0) is 25.2. The van der Waals surface area contributed by atoms with E-state index in [-0.39, 0.29) is 16.6 Å². The fraction of sp³-hybridized carbons (Fsp3) is 0.304. The van der Waals surface area contributed by atoms with Gasteiger partial charge in [-0.1, -0.05) is 11.8 Å². The second kappa shape index (κ2) is 10.2. The van der Waals surface area contributed by atoms with E-state index < -0.39 is 17.8 Å². The van der Waals surface area contributed by atoms with Crippen LogP contribution in [0.4, 0.5) is 18.2 Å². The lowest BCUT2D eigenvalue weighted by Gasteiger charge is -2.21. The van der Waals surface area contributed by atoms with Crippen LogP contribution in [0, 0.1) is 11.3 Å². The lowest BCUT2D eigenvalue weighted by atomic mass is 10.0. The molecule has 0 radical (unpaired) electrons. The topological polar surface area (TPSA) is 91.1 Å². The number of rotatable bonds is 6. The monoisotopic (exact) mass is 519 g/mol. The first-order valence-electron chi connectivity index (χ1n) is 10.4. The number of ether oxygens (including phenoxy) is 1. The van der Waals surface area contributed by atoms with Crippen molar-refractivity contribution in [3.8, 4) is 23.1 Å². The molecule has 7 nitrogen and oxygen atoms in total. The summed E-state index contributed by atoms with van der Waals surface area (Å²) in [6.07, 6.45) is -3.95. The quantitative estimate of drug-likeness (QED) is 0.369. The molecule has 35 heavy (non-hydrogen) atoms. The molecular weight excluding hydrogens is 499 g/mol. The van der Waals surface area contributed by atoms with Crippen LogP contribution in [0.1, 0.15) is 21.7 Å². The van der Waals surface area contributed by atoms with Crippen LogP contribution in [0.5, 0.6) is 5.75 Å². The van der Waals surface area contributed by atoms with Crippen molar-refractivity contribution >= 4 is 34.0 Å². The molecule has 4 rings (SSSR count). The Morgan fingerprint density at radius 2 is 2.06 bits per heavy atom. The van der Waals surface area contributed by atoms with Crippen molar-refractivity contribution in [2.45, 2.75) is 24.3 Å². The summed E-state index contributed by atoms with van der Waals surface area (Å²) in [4.78, 5) is 23.6. The number of halogens is 3. The number of nitrogens with zero attached hydrogens (tertiary/aromatic N) is 4. The molecule has 0 fully saturated rings. The van der Waals surface area contributed by atoms with Crippen molar-refractivity contribution in [3.63, 3.8) is 0 Å². The highest BCUT2D eigenvalue weighted by Gasteiger charge is 2.34. The number of carbonyl (C=O) groups excluding carboxylic acids is 1. The summed E-state index contributed by atoms with van der Waals surface area (Å²) in [6, 6.07) is 9.48. The molecule has 0 bridgehead atoms. The number of aromatic nitrogens is 2. The summed E-state index contributed by atoms with van der Waals surface area (Å²) in [7, 11) is 3.48. The molecular formula is C23H20F3N5O2S2.